The number of nitrogens with zero attached hydrogens (tertiary/aromatic N) is 1. The fraction of sp³-hybridized carbons (Fsp3) is 0.429. The van der Waals surface area contributed by atoms with Crippen molar-refractivity contribution in [1.29, 1.82) is 0 Å². The summed E-state index contributed by atoms with van der Waals surface area (Å²) in [6.07, 6.45) is 2.03. The Morgan fingerprint density at radius 3 is 2.89 bits per heavy atom. The minimum atomic E-state index is -0.173. The molecule has 5 heteroatoms. The molecule has 0 aliphatic carbocycles. The van der Waals surface area contributed by atoms with Crippen LogP contribution in [0.1, 0.15) is 27.2 Å². The molecule has 1 heterocycles. The minimum absolute atomic E-state index is 0.0791. The Morgan fingerprint density at radius 2 is 2.21 bits per heavy atom. The highest BCUT2D eigenvalue weighted by Gasteiger charge is 2.23. The lowest BCUT2D eigenvalue weighted by atomic mass is 9.85. The first-order valence-corrected chi connectivity index (χ1v) is 6.35. The van der Waals surface area contributed by atoms with Gasteiger partial charge in [0.15, 0.2) is 0 Å². The molecule has 0 saturated heterocycles. The molecule has 1 amide bonds. The molecule has 1 aromatic carbocycles. The lowest BCUT2D eigenvalue weighted by molar-refractivity contribution is -0.117. The standard InChI is InChI=1S/C14H20N4O/c1-14(2,3)11(15)7-12(19)17-10-6-4-5-9-8-16-18-13(9)10/h4-6,8,11H,7,15H2,1-3H3,(H,16,18)(H,17,19). The summed E-state index contributed by atoms with van der Waals surface area (Å²) in [4.78, 5) is 12.0. The van der Waals surface area contributed by atoms with Crippen molar-refractivity contribution < 1.29 is 4.79 Å². The molecule has 4 N–H and O–H groups in total. The predicted octanol–water partition coefficient (Wildman–Crippen LogP) is 2.26. The molecule has 1 atom stereocenters. The van der Waals surface area contributed by atoms with Gasteiger partial charge in [0, 0.05) is 17.8 Å². The Balaban J connectivity index is 2.09. The number of hydrogen-bond acceptors (Lipinski definition) is 3. The molecule has 5 nitrogen and oxygen atoms in total. The SMILES string of the molecule is CC(C)(C)C(N)CC(=O)Nc1cccc2cn[nH]c12. The van der Waals surface area contributed by atoms with Crippen molar-refractivity contribution in [3.63, 3.8) is 0 Å². The van der Waals surface area contributed by atoms with Crippen LogP contribution in [0.25, 0.3) is 10.9 Å². The molecule has 0 aliphatic rings. The molecule has 0 saturated carbocycles. The Labute approximate surface area is 112 Å². The molecule has 0 aliphatic heterocycles. The number of nitrogens with two attached hydrogens (primary N) is 1. The van der Waals surface area contributed by atoms with E-state index in [1.54, 1.807) is 6.20 Å². The van der Waals surface area contributed by atoms with Gasteiger partial charge >= 0.3 is 0 Å². The first-order valence-electron chi connectivity index (χ1n) is 6.35. The molecular formula is C14H20N4O. The van der Waals surface area contributed by atoms with Crippen LogP contribution in [0.4, 0.5) is 5.69 Å². The van der Waals surface area contributed by atoms with Crippen LogP contribution in [0, 0.1) is 5.41 Å². The Bertz CT molecular complexity index is 582. The quantitative estimate of drug-likeness (QED) is 0.791. The summed E-state index contributed by atoms with van der Waals surface area (Å²) in [7, 11) is 0. The van der Waals surface area contributed by atoms with Gasteiger partial charge in [-0.2, -0.15) is 5.10 Å². The largest absolute Gasteiger partial charge is 0.327 e. The highest BCUT2D eigenvalue weighted by atomic mass is 16.1. The van der Waals surface area contributed by atoms with E-state index in [0.29, 0.717) is 6.42 Å². The third kappa shape index (κ3) is 3.12. The van der Waals surface area contributed by atoms with E-state index in [1.807, 2.05) is 39.0 Å². The Hall–Kier alpha value is -1.88. The van der Waals surface area contributed by atoms with E-state index in [2.05, 4.69) is 15.5 Å². The van der Waals surface area contributed by atoms with Gasteiger partial charge in [0.05, 0.1) is 17.4 Å². The van der Waals surface area contributed by atoms with Gasteiger partial charge in [-0.3, -0.25) is 9.89 Å². The van der Waals surface area contributed by atoms with Gasteiger partial charge in [0.25, 0.3) is 0 Å². The number of carbonyl (C=O) groups is 1. The first-order chi connectivity index (χ1) is 8.88. The number of H-pyrrole nitrogens is 1. The Morgan fingerprint density at radius 1 is 1.47 bits per heavy atom. The number of hydrogen-bond donors (Lipinski definition) is 3. The van der Waals surface area contributed by atoms with E-state index in [-0.39, 0.29) is 17.4 Å². The highest BCUT2D eigenvalue weighted by molar-refractivity contribution is 6.00. The lowest BCUT2D eigenvalue weighted by Crippen LogP contribution is -2.38. The minimum Gasteiger partial charge on any atom is -0.327 e. The topological polar surface area (TPSA) is 83.8 Å². The maximum atomic E-state index is 12.0. The third-order valence-corrected chi connectivity index (χ3v) is 3.27. The first kappa shape index (κ1) is 13.5. The van der Waals surface area contributed by atoms with E-state index < -0.39 is 0 Å². The molecule has 0 spiro atoms. The summed E-state index contributed by atoms with van der Waals surface area (Å²) in [5, 5.41) is 10.7. The normalized spacial score (nSPS) is 13.5. The molecule has 0 bridgehead atoms. The van der Waals surface area contributed by atoms with Crippen molar-refractivity contribution in [2.75, 3.05) is 5.32 Å². The average Bonchev–Trinajstić information content (AvgIpc) is 2.76. The number of nitrogens with one attached hydrogen (secondary N) is 2. The monoisotopic (exact) mass is 260 g/mol. The number of para-hydroxylation sites is 1. The highest BCUT2D eigenvalue weighted by Crippen LogP contribution is 2.23. The number of fused-ring (bicyclic) bond motifs is 1. The van der Waals surface area contributed by atoms with E-state index >= 15 is 0 Å². The van der Waals surface area contributed by atoms with Crippen LogP contribution in [0.3, 0.4) is 0 Å². The number of aromatic amines is 1. The zero-order chi connectivity index (χ0) is 14.0. The smallest absolute Gasteiger partial charge is 0.226 e. The summed E-state index contributed by atoms with van der Waals surface area (Å²) in [6.45, 7) is 6.08. The number of anilines is 1. The van der Waals surface area contributed by atoms with Gasteiger partial charge in [-0.15, -0.1) is 0 Å². The van der Waals surface area contributed by atoms with Gasteiger partial charge in [-0.1, -0.05) is 32.9 Å². The third-order valence-electron chi connectivity index (χ3n) is 3.27. The molecular weight excluding hydrogens is 240 g/mol. The van der Waals surface area contributed by atoms with E-state index in [4.69, 9.17) is 5.73 Å². The van der Waals surface area contributed by atoms with Crippen molar-refractivity contribution in [3.8, 4) is 0 Å². The number of carbonyl (C=O) groups excluding carboxylic acids is 1. The maximum absolute atomic E-state index is 12.0. The second-order valence-corrected chi connectivity index (χ2v) is 5.86. The fourth-order valence-corrected chi connectivity index (χ4v) is 1.78. The zero-order valence-electron chi connectivity index (χ0n) is 11.5. The van der Waals surface area contributed by atoms with Crippen LogP contribution in [-0.2, 0) is 4.79 Å². The summed E-state index contributed by atoms with van der Waals surface area (Å²) in [6, 6.07) is 5.50. The molecule has 2 aromatic rings. The fourth-order valence-electron chi connectivity index (χ4n) is 1.78. The summed E-state index contributed by atoms with van der Waals surface area (Å²) >= 11 is 0. The molecule has 0 radical (unpaired) electrons. The predicted molar refractivity (Wildman–Crippen MR) is 76.8 cm³/mol. The van der Waals surface area contributed by atoms with Crippen LogP contribution >= 0.6 is 0 Å². The van der Waals surface area contributed by atoms with Crippen molar-refractivity contribution in [2.45, 2.75) is 33.2 Å². The molecule has 1 aromatic heterocycles. The average molecular weight is 260 g/mol. The summed E-state index contributed by atoms with van der Waals surface area (Å²) in [5.74, 6) is -0.0791. The van der Waals surface area contributed by atoms with Crippen LogP contribution < -0.4 is 11.1 Å². The van der Waals surface area contributed by atoms with Crippen LogP contribution in [0.5, 0.6) is 0 Å². The number of rotatable bonds is 3. The number of benzene rings is 1. The van der Waals surface area contributed by atoms with E-state index in [1.165, 1.54) is 0 Å². The van der Waals surface area contributed by atoms with Gasteiger partial charge < -0.3 is 11.1 Å². The van der Waals surface area contributed by atoms with E-state index in [0.717, 1.165) is 16.6 Å². The zero-order valence-corrected chi connectivity index (χ0v) is 11.5. The number of amides is 1. The van der Waals surface area contributed by atoms with Gasteiger partial charge in [0.1, 0.15) is 0 Å². The number of aromatic nitrogens is 2. The van der Waals surface area contributed by atoms with Crippen molar-refractivity contribution in [3.05, 3.63) is 24.4 Å². The molecule has 19 heavy (non-hydrogen) atoms. The molecule has 1 unspecified atom stereocenters. The van der Waals surface area contributed by atoms with Crippen molar-refractivity contribution in [2.24, 2.45) is 11.1 Å². The molecule has 0 fully saturated rings. The Kier molecular flexibility index (Phi) is 3.57. The van der Waals surface area contributed by atoms with Gasteiger partial charge in [-0.05, 0) is 11.5 Å². The van der Waals surface area contributed by atoms with Crippen LogP contribution in [-0.4, -0.2) is 22.1 Å². The van der Waals surface area contributed by atoms with Gasteiger partial charge in [0.2, 0.25) is 5.91 Å². The second kappa shape index (κ2) is 5.01. The lowest BCUT2D eigenvalue weighted by Gasteiger charge is -2.26. The molecule has 2 rings (SSSR count). The summed E-state index contributed by atoms with van der Waals surface area (Å²) in [5.41, 5.74) is 7.50. The second-order valence-electron chi connectivity index (χ2n) is 5.86. The van der Waals surface area contributed by atoms with Gasteiger partial charge in [-0.25, -0.2) is 0 Å². The van der Waals surface area contributed by atoms with Crippen molar-refractivity contribution >= 4 is 22.5 Å². The maximum Gasteiger partial charge on any atom is 0.226 e. The van der Waals surface area contributed by atoms with Crippen LogP contribution in [0.2, 0.25) is 0 Å². The molecule has 102 valence electrons. The van der Waals surface area contributed by atoms with E-state index in [9.17, 15) is 4.79 Å². The summed E-state index contributed by atoms with van der Waals surface area (Å²) < 4.78 is 0. The van der Waals surface area contributed by atoms with Crippen LogP contribution in [0.15, 0.2) is 24.4 Å². The van der Waals surface area contributed by atoms with Crippen molar-refractivity contribution in [1.82, 2.24) is 10.2 Å².